The van der Waals surface area contributed by atoms with E-state index < -0.39 is 11.9 Å². The molecule has 8 nitrogen and oxygen atoms in total. The van der Waals surface area contributed by atoms with Crippen LogP contribution < -0.4 is 21.1 Å². The SMILES string of the molecule is CC(=O)Nc1cccc([C@H](C)NC(=O)C2=N[C@@H](C)C(=O)N(c3ccccc3)N2)c1. The van der Waals surface area contributed by atoms with Crippen LogP contribution in [-0.4, -0.2) is 29.6 Å². The van der Waals surface area contributed by atoms with Gasteiger partial charge in [0.25, 0.3) is 11.8 Å². The monoisotopic (exact) mass is 393 g/mol. The quantitative estimate of drug-likeness (QED) is 0.724. The number of aliphatic imine (C=N–C) groups is 1. The number of carbonyl (C=O) groups excluding carboxylic acids is 3. The van der Waals surface area contributed by atoms with Crippen LogP contribution in [0.25, 0.3) is 0 Å². The van der Waals surface area contributed by atoms with E-state index in [-0.39, 0.29) is 23.7 Å². The Bertz CT molecular complexity index is 958. The van der Waals surface area contributed by atoms with Gasteiger partial charge in [-0.15, -0.1) is 0 Å². The van der Waals surface area contributed by atoms with Crippen LogP contribution in [0.1, 0.15) is 32.4 Å². The Kier molecular flexibility index (Phi) is 5.92. The number of hydrazine groups is 1. The molecule has 3 rings (SSSR count). The molecule has 8 heteroatoms. The number of carbonyl (C=O) groups is 3. The number of amides is 3. The maximum absolute atomic E-state index is 12.8. The molecule has 0 saturated carbocycles. The fraction of sp³-hybridized carbons (Fsp3) is 0.238. The van der Waals surface area contributed by atoms with Gasteiger partial charge in [-0.25, -0.2) is 10.0 Å². The first-order chi connectivity index (χ1) is 13.8. The predicted molar refractivity (Wildman–Crippen MR) is 111 cm³/mol. The first-order valence-corrected chi connectivity index (χ1v) is 9.27. The number of nitrogens with one attached hydrogen (secondary N) is 3. The molecule has 0 radical (unpaired) electrons. The Morgan fingerprint density at radius 1 is 1.14 bits per heavy atom. The van der Waals surface area contributed by atoms with Gasteiger partial charge in [0, 0.05) is 12.6 Å². The normalized spacial score (nSPS) is 17.1. The summed E-state index contributed by atoms with van der Waals surface area (Å²) >= 11 is 0. The van der Waals surface area contributed by atoms with E-state index in [0.29, 0.717) is 11.4 Å². The average molecular weight is 393 g/mol. The van der Waals surface area contributed by atoms with E-state index in [0.717, 1.165) is 5.56 Å². The summed E-state index contributed by atoms with van der Waals surface area (Å²) in [5, 5.41) is 6.92. The lowest BCUT2D eigenvalue weighted by molar-refractivity contribution is -0.120. The zero-order chi connectivity index (χ0) is 21.0. The third-order valence-corrected chi connectivity index (χ3v) is 4.40. The van der Waals surface area contributed by atoms with Crippen molar-refractivity contribution in [3.8, 4) is 0 Å². The third kappa shape index (κ3) is 4.78. The first-order valence-electron chi connectivity index (χ1n) is 9.27. The minimum Gasteiger partial charge on any atom is -0.343 e. The number of anilines is 2. The summed E-state index contributed by atoms with van der Waals surface area (Å²) < 4.78 is 0. The summed E-state index contributed by atoms with van der Waals surface area (Å²) in [4.78, 5) is 40.6. The number of rotatable bonds is 5. The highest BCUT2D eigenvalue weighted by molar-refractivity contribution is 6.39. The maximum atomic E-state index is 12.8. The van der Waals surface area contributed by atoms with Crippen LogP contribution in [0, 0.1) is 0 Å². The molecule has 0 saturated heterocycles. The molecule has 1 aliphatic heterocycles. The lowest BCUT2D eigenvalue weighted by Gasteiger charge is -2.31. The lowest BCUT2D eigenvalue weighted by atomic mass is 10.1. The van der Waals surface area contributed by atoms with Gasteiger partial charge in [0.15, 0.2) is 0 Å². The molecule has 3 N–H and O–H groups in total. The second kappa shape index (κ2) is 8.55. The van der Waals surface area contributed by atoms with E-state index >= 15 is 0 Å². The van der Waals surface area contributed by atoms with Crippen molar-refractivity contribution < 1.29 is 14.4 Å². The van der Waals surface area contributed by atoms with Crippen LogP contribution in [-0.2, 0) is 14.4 Å². The molecule has 29 heavy (non-hydrogen) atoms. The van der Waals surface area contributed by atoms with Crippen molar-refractivity contribution in [2.75, 3.05) is 10.3 Å². The van der Waals surface area contributed by atoms with Gasteiger partial charge in [0.2, 0.25) is 11.7 Å². The molecule has 0 fully saturated rings. The third-order valence-electron chi connectivity index (χ3n) is 4.40. The number of nitrogens with zero attached hydrogens (tertiary/aromatic N) is 2. The summed E-state index contributed by atoms with van der Waals surface area (Å²) in [7, 11) is 0. The smallest absolute Gasteiger partial charge is 0.288 e. The van der Waals surface area contributed by atoms with Crippen LogP contribution in [0.15, 0.2) is 59.6 Å². The number of hydrogen-bond acceptors (Lipinski definition) is 5. The second-order valence-corrected chi connectivity index (χ2v) is 6.78. The predicted octanol–water partition coefficient (Wildman–Crippen LogP) is 2.16. The Labute approximate surface area is 169 Å². The van der Waals surface area contributed by atoms with Crippen LogP contribution >= 0.6 is 0 Å². The van der Waals surface area contributed by atoms with Gasteiger partial charge in [-0.1, -0.05) is 30.3 Å². The van der Waals surface area contributed by atoms with E-state index in [1.54, 1.807) is 37.3 Å². The molecule has 1 heterocycles. The van der Waals surface area contributed by atoms with Crippen LogP contribution in [0.2, 0.25) is 0 Å². The summed E-state index contributed by atoms with van der Waals surface area (Å²) in [5.41, 5.74) is 4.91. The largest absolute Gasteiger partial charge is 0.343 e. The van der Waals surface area contributed by atoms with Crippen LogP contribution in [0.3, 0.4) is 0 Å². The summed E-state index contributed by atoms with van der Waals surface area (Å²) in [6.45, 7) is 4.91. The van der Waals surface area contributed by atoms with Gasteiger partial charge in [-0.05, 0) is 43.7 Å². The van der Waals surface area contributed by atoms with Gasteiger partial charge in [-0.2, -0.15) is 0 Å². The number of benzene rings is 2. The average Bonchev–Trinajstić information content (AvgIpc) is 2.70. The fourth-order valence-electron chi connectivity index (χ4n) is 2.94. The van der Waals surface area contributed by atoms with Crippen molar-refractivity contribution in [1.29, 1.82) is 0 Å². The van der Waals surface area contributed by atoms with Crippen molar-refractivity contribution in [2.24, 2.45) is 4.99 Å². The molecule has 1 aliphatic rings. The van der Waals surface area contributed by atoms with Crippen molar-refractivity contribution >= 4 is 34.9 Å². The molecule has 150 valence electrons. The van der Waals surface area contributed by atoms with Gasteiger partial charge >= 0.3 is 0 Å². The lowest BCUT2D eigenvalue weighted by Crippen LogP contribution is -2.58. The van der Waals surface area contributed by atoms with Crippen LogP contribution in [0.5, 0.6) is 0 Å². The first kappa shape index (κ1) is 20.1. The van der Waals surface area contributed by atoms with E-state index in [1.807, 2.05) is 31.2 Å². The number of amidine groups is 1. The number of para-hydroxylation sites is 1. The Balaban J connectivity index is 1.73. The van der Waals surface area contributed by atoms with Gasteiger partial charge in [0.05, 0.1) is 11.7 Å². The highest BCUT2D eigenvalue weighted by Gasteiger charge is 2.31. The van der Waals surface area contributed by atoms with E-state index in [4.69, 9.17) is 0 Å². The van der Waals surface area contributed by atoms with Gasteiger partial charge < -0.3 is 10.6 Å². The molecule has 2 atom stereocenters. The topological polar surface area (TPSA) is 103 Å². The van der Waals surface area contributed by atoms with E-state index in [9.17, 15) is 14.4 Å². The van der Waals surface area contributed by atoms with E-state index in [1.165, 1.54) is 11.9 Å². The molecular formula is C21H23N5O3. The minimum atomic E-state index is -0.685. The summed E-state index contributed by atoms with van der Waals surface area (Å²) in [6.07, 6.45) is 0. The molecule has 0 bridgehead atoms. The molecule has 2 aromatic carbocycles. The Morgan fingerprint density at radius 3 is 2.55 bits per heavy atom. The molecule has 0 aromatic heterocycles. The van der Waals surface area contributed by atoms with Crippen molar-refractivity contribution in [3.05, 3.63) is 60.2 Å². The molecule has 3 amide bonds. The molecule has 2 aromatic rings. The van der Waals surface area contributed by atoms with Crippen LogP contribution in [0.4, 0.5) is 11.4 Å². The Hall–Kier alpha value is -3.68. The number of hydrogen-bond donors (Lipinski definition) is 3. The molecular weight excluding hydrogens is 370 g/mol. The van der Waals surface area contributed by atoms with Crippen molar-refractivity contribution in [3.63, 3.8) is 0 Å². The highest BCUT2D eigenvalue weighted by Crippen LogP contribution is 2.19. The van der Waals surface area contributed by atoms with Crippen molar-refractivity contribution in [2.45, 2.75) is 32.9 Å². The summed E-state index contributed by atoms with van der Waals surface area (Å²) in [6, 6.07) is 15.2. The zero-order valence-electron chi connectivity index (χ0n) is 16.5. The minimum absolute atomic E-state index is 0.0609. The maximum Gasteiger partial charge on any atom is 0.288 e. The fourth-order valence-corrected chi connectivity index (χ4v) is 2.94. The molecule has 0 unspecified atom stereocenters. The highest BCUT2D eigenvalue weighted by atomic mass is 16.2. The molecule has 0 aliphatic carbocycles. The summed E-state index contributed by atoms with van der Waals surface area (Å²) in [5.74, 6) is -0.781. The zero-order valence-corrected chi connectivity index (χ0v) is 16.5. The van der Waals surface area contributed by atoms with Crippen molar-refractivity contribution in [1.82, 2.24) is 10.7 Å². The standard InChI is InChI=1S/C21H23N5O3/c1-13(16-8-7-9-17(12-16)24-15(3)27)23-20(28)19-22-14(2)21(29)26(25-19)18-10-5-4-6-11-18/h4-14H,1-3H3,(H,22,25)(H,23,28)(H,24,27)/t13-,14-/m0/s1. The second-order valence-electron chi connectivity index (χ2n) is 6.78. The molecule has 0 spiro atoms. The van der Waals surface area contributed by atoms with E-state index in [2.05, 4.69) is 21.1 Å². The Morgan fingerprint density at radius 2 is 1.86 bits per heavy atom. The van der Waals surface area contributed by atoms with Gasteiger partial charge in [0.1, 0.15) is 6.04 Å². The van der Waals surface area contributed by atoms with Gasteiger partial charge in [-0.3, -0.25) is 19.8 Å².